The van der Waals surface area contributed by atoms with Crippen LogP contribution in [0.25, 0.3) is 0 Å². The van der Waals surface area contributed by atoms with E-state index >= 15 is 0 Å². The SMILES string of the molecule is CCOC(C#CCCOc1ccccc1I)OCC. The zero-order chi connectivity index (χ0) is 13.9. The van der Waals surface area contributed by atoms with Crippen LogP contribution in [0.5, 0.6) is 5.75 Å². The zero-order valence-electron chi connectivity index (χ0n) is 11.3. The van der Waals surface area contributed by atoms with Crippen LogP contribution < -0.4 is 4.74 Å². The lowest BCUT2D eigenvalue weighted by molar-refractivity contribution is -0.0970. The fraction of sp³-hybridized carbons (Fsp3) is 0.467. The van der Waals surface area contributed by atoms with Gasteiger partial charge < -0.3 is 14.2 Å². The minimum Gasteiger partial charge on any atom is -0.491 e. The lowest BCUT2D eigenvalue weighted by Gasteiger charge is -2.09. The van der Waals surface area contributed by atoms with Gasteiger partial charge in [0.05, 0.1) is 10.2 Å². The summed E-state index contributed by atoms with van der Waals surface area (Å²) in [7, 11) is 0. The molecular formula is C15H19IO3. The van der Waals surface area contributed by atoms with Crippen LogP contribution in [0.15, 0.2) is 24.3 Å². The minimum absolute atomic E-state index is 0.424. The third-order valence-electron chi connectivity index (χ3n) is 2.18. The average molecular weight is 374 g/mol. The van der Waals surface area contributed by atoms with Crippen molar-refractivity contribution in [2.75, 3.05) is 19.8 Å². The molecule has 4 heteroatoms. The lowest BCUT2D eigenvalue weighted by Crippen LogP contribution is -2.14. The molecule has 0 fully saturated rings. The van der Waals surface area contributed by atoms with E-state index in [1.807, 2.05) is 38.1 Å². The predicted molar refractivity (Wildman–Crippen MR) is 84.1 cm³/mol. The first kappa shape index (κ1) is 16.3. The van der Waals surface area contributed by atoms with Crippen LogP contribution >= 0.6 is 22.6 Å². The molecule has 0 aromatic heterocycles. The van der Waals surface area contributed by atoms with E-state index in [2.05, 4.69) is 34.4 Å². The molecular weight excluding hydrogens is 355 g/mol. The Hall–Kier alpha value is -0.770. The highest BCUT2D eigenvalue weighted by molar-refractivity contribution is 14.1. The molecule has 0 aliphatic rings. The van der Waals surface area contributed by atoms with Gasteiger partial charge in [-0.05, 0) is 54.5 Å². The Kier molecular flexibility index (Phi) is 8.63. The van der Waals surface area contributed by atoms with Crippen LogP contribution in [-0.4, -0.2) is 26.1 Å². The molecule has 1 aromatic carbocycles. The summed E-state index contributed by atoms with van der Waals surface area (Å²) in [6, 6.07) is 7.92. The van der Waals surface area contributed by atoms with Crippen LogP contribution in [0.4, 0.5) is 0 Å². The minimum atomic E-state index is -0.424. The van der Waals surface area contributed by atoms with E-state index in [1.165, 1.54) is 0 Å². The van der Waals surface area contributed by atoms with Crippen molar-refractivity contribution in [1.82, 2.24) is 0 Å². The van der Waals surface area contributed by atoms with Gasteiger partial charge in [0.1, 0.15) is 5.75 Å². The quantitative estimate of drug-likeness (QED) is 0.317. The fourth-order valence-corrected chi connectivity index (χ4v) is 1.91. The summed E-state index contributed by atoms with van der Waals surface area (Å²) in [5, 5.41) is 0. The van der Waals surface area contributed by atoms with Crippen molar-refractivity contribution in [3.05, 3.63) is 27.8 Å². The molecule has 1 aromatic rings. The molecule has 0 atom stereocenters. The second kappa shape index (κ2) is 10.1. The summed E-state index contributed by atoms with van der Waals surface area (Å²) < 4.78 is 17.4. The Bertz CT molecular complexity index is 417. The van der Waals surface area contributed by atoms with E-state index in [0.717, 1.165) is 9.32 Å². The van der Waals surface area contributed by atoms with Gasteiger partial charge in [-0.3, -0.25) is 0 Å². The molecule has 0 unspecified atom stereocenters. The first-order valence-corrected chi connectivity index (χ1v) is 7.44. The third kappa shape index (κ3) is 6.81. The molecule has 0 bridgehead atoms. The van der Waals surface area contributed by atoms with Gasteiger partial charge in [-0.25, -0.2) is 0 Å². The van der Waals surface area contributed by atoms with Gasteiger partial charge in [-0.1, -0.05) is 18.1 Å². The highest BCUT2D eigenvalue weighted by Crippen LogP contribution is 2.19. The monoisotopic (exact) mass is 374 g/mol. The highest BCUT2D eigenvalue weighted by atomic mass is 127. The summed E-state index contributed by atoms with van der Waals surface area (Å²) in [4.78, 5) is 0. The average Bonchev–Trinajstić information content (AvgIpc) is 2.41. The first-order chi connectivity index (χ1) is 9.27. The van der Waals surface area contributed by atoms with E-state index < -0.39 is 6.29 Å². The number of benzene rings is 1. The number of hydrogen-bond acceptors (Lipinski definition) is 3. The Morgan fingerprint density at radius 2 is 1.84 bits per heavy atom. The van der Waals surface area contributed by atoms with Crippen LogP contribution in [-0.2, 0) is 9.47 Å². The fourth-order valence-electron chi connectivity index (χ4n) is 1.36. The van der Waals surface area contributed by atoms with Crippen molar-refractivity contribution in [1.29, 1.82) is 0 Å². The molecule has 0 heterocycles. The summed E-state index contributed by atoms with van der Waals surface area (Å²) in [6.45, 7) is 5.61. The third-order valence-corrected chi connectivity index (χ3v) is 3.07. The highest BCUT2D eigenvalue weighted by Gasteiger charge is 2.01. The van der Waals surface area contributed by atoms with Crippen LogP contribution in [0, 0.1) is 15.4 Å². The maximum atomic E-state index is 5.65. The summed E-state index contributed by atoms with van der Waals surface area (Å²) in [5.74, 6) is 6.86. The Balaban J connectivity index is 2.32. The van der Waals surface area contributed by atoms with E-state index in [9.17, 15) is 0 Å². The molecule has 1 rings (SSSR count). The van der Waals surface area contributed by atoms with Crippen LogP contribution in [0.3, 0.4) is 0 Å². The maximum absolute atomic E-state index is 5.65. The number of hydrogen-bond donors (Lipinski definition) is 0. The lowest BCUT2D eigenvalue weighted by atomic mass is 10.3. The topological polar surface area (TPSA) is 27.7 Å². The molecule has 0 aliphatic heterocycles. The standard InChI is InChI=1S/C15H19IO3/c1-3-17-15(18-4-2)11-7-8-12-19-14-10-6-5-9-13(14)16/h5-6,9-10,15H,3-4,8,12H2,1-2H3. The number of rotatable bonds is 7. The van der Waals surface area contributed by atoms with E-state index in [4.69, 9.17) is 14.2 Å². The van der Waals surface area contributed by atoms with Crippen molar-refractivity contribution < 1.29 is 14.2 Å². The largest absolute Gasteiger partial charge is 0.491 e. The molecule has 0 amide bonds. The van der Waals surface area contributed by atoms with Crippen LogP contribution in [0.1, 0.15) is 20.3 Å². The zero-order valence-corrected chi connectivity index (χ0v) is 13.5. The van der Waals surface area contributed by atoms with Gasteiger partial charge in [0, 0.05) is 19.6 Å². The van der Waals surface area contributed by atoms with Crippen molar-refractivity contribution in [2.45, 2.75) is 26.6 Å². The second-order valence-corrected chi connectivity index (χ2v) is 4.75. The van der Waals surface area contributed by atoms with Gasteiger partial charge in [-0.2, -0.15) is 0 Å². The smallest absolute Gasteiger partial charge is 0.222 e. The van der Waals surface area contributed by atoms with Crippen molar-refractivity contribution >= 4 is 22.6 Å². The molecule has 0 radical (unpaired) electrons. The molecule has 104 valence electrons. The van der Waals surface area contributed by atoms with Crippen molar-refractivity contribution in [3.8, 4) is 17.6 Å². The number of para-hydroxylation sites is 1. The maximum Gasteiger partial charge on any atom is 0.222 e. The van der Waals surface area contributed by atoms with E-state index in [1.54, 1.807) is 0 Å². The first-order valence-electron chi connectivity index (χ1n) is 6.36. The molecule has 3 nitrogen and oxygen atoms in total. The molecule has 0 spiro atoms. The van der Waals surface area contributed by atoms with Gasteiger partial charge >= 0.3 is 0 Å². The summed E-state index contributed by atoms with van der Waals surface area (Å²) >= 11 is 2.25. The Labute approximate surface area is 128 Å². The molecule has 0 aliphatic carbocycles. The Morgan fingerprint density at radius 1 is 1.16 bits per heavy atom. The molecule has 0 saturated carbocycles. The second-order valence-electron chi connectivity index (χ2n) is 3.59. The predicted octanol–water partition coefficient (Wildman–Crippen LogP) is 3.46. The molecule has 0 saturated heterocycles. The van der Waals surface area contributed by atoms with E-state index in [0.29, 0.717) is 26.2 Å². The van der Waals surface area contributed by atoms with Gasteiger partial charge in [0.2, 0.25) is 6.29 Å². The molecule has 19 heavy (non-hydrogen) atoms. The number of ether oxygens (including phenoxy) is 3. The summed E-state index contributed by atoms with van der Waals surface area (Å²) in [5.41, 5.74) is 0. The Morgan fingerprint density at radius 3 is 2.47 bits per heavy atom. The van der Waals surface area contributed by atoms with Gasteiger partial charge in [0.25, 0.3) is 0 Å². The van der Waals surface area contributed by atoms with Gasteiger partial charge in [-0.15, -0.1) is 0 Å². The van der Waals surface area contributed by atoms with Crippen molar-refractivity contribution in [2.24, 2.45) is 0 Å². The van der Waals surface area contributed by atoms with Crippen molar-refractivity contribution in [3.63, 3.8) is 0 Å². The van der Waals surface area contributed by atoms with E-state index in [-0.39, 0.29) is 0 Å². The molecule has 0 N–H and O–H groups in total. The normalized spacial score (nSPS) is 10.1. The number of halogens is 1. The van der Waals surface area contributed by atoms with Gasteiger partial charge in [0.15, 0.2) is 0 Å². The van der Waals surface area contributed by atoms with Crippen LogP contribution in [0.2, 0.25) is 0 Å². The summed E-state index contributed by atoms with van der Waals surface area (Å²) in [6.07, 6.45) is 0.230.